The SMILES string of the molecule is NCC1(C2CCCSC2)CCCCC1. The molecule has 2 rings (SSSR count). The molecule has 1 aliphatic carbocycles. The molecule has 2 aliphatic rings. The summed E-state index contributed by atoms with van der Waals surface area (Å²) >= 11 is 2.16. The summed E-state index contributed by atoms with van der Waals surface area (Å²) in [6.45, 7) is 0.943. The lowest BCUT2D eigenvalue weighted by molar-refractivity contribution is 0.111. The van der Waals surface area contributed by atoms with Gasteiger partial charge in [-0.25, -0.2) is 0 Å². The van der Waals surface area contributed by atoms with Crippen molar-refractivity contribution in [2.24, 2.45) is 17.1 Å². The molecule has 2 fully saturated rings. The molecule has 1 nitrogen and oxygen atoms in total. The van der Waals surface area contributed by atoms with Gasteiger partial charge in [0.1, 0.15) is 0 Å². The van der Waals surface area contributed by atoms with Gasteiger partial charge in [0, 0.05) is 0 Å². The van der Waals surface area contributed by atoms with Gasteiger partial charge in [-0.2, -0.15) is 11.8 Å². The molecule has 1 atom stereocenters. The molecule has 1 heterocycles. The third-order valence-corrected chi connectivity index (χ3v) is 5.50. The first-order valence-electron chi connectivity index (χ1n) is 6.15. The predicted molar refractivity (Wildman–Crippen MR) is 64.6 cm³/mol. The van der Waals surface area contributed by atoms with Crippen LogP contribution in [0.5, 0.6) is 0 Å². The Morgan fingerprint density at radius 1 is 1.14 bits per heavy atom. The fourth-order valence-corrected chi connectivity index (χ4v) is 4.60. The van der Waals surface area contributed by atoms with Crippen LogP contribution < -0.4 is 5.73 Å². The van der Waals surface area contributed by atoms with E-state index in [1.807, 2.05) is 0 Å². The first kappa shape index (κ1) is 10.8. The van der Waals surface area contributed by atoms with Crippen molar-refractivity contribution >= 4 is 11.8 Å². The van der Waals surface area contributed by atoms with Gasteiger partial charge in [0.25, 0.3) is 0 Å². The van der Waals surface area contributed by atoms with E-state index in [0.717, 1.165) is 12.5 Å². The van der Waals surface area contributed by atoms with Gasteiger partial charge >= 0.3 is 0 Å². The van der Waals surface area contributed by atoms with Crippen LogP contribution in [0.3, 0.4) is 0 Å². The summed E-state index contributed by atoms with van der Waals surface area (Å²) in [4.78, 5) is 0. The third-order valence-electron chi connectivity index (χ3n) is 4.28. The second-order valence-corrected chi connectivity index (χ2v) is 6.19. The molecule has 2 heteroatoms. The molecule has 0 spiro atoms. The van der Waals surface area contributed by atoms with Crippen molar-refractivity contribution in [1.82, 2.24) is 0 Å². The van der Waals surface area contributed by atoms with Gasteiger partial charge in [0.2, 0.25) is 0 Å². The fraction of sp³-hybridized carbons (Fsp3) is 1.00. The van der Waals surface area contributed by atoms with Crippen molar-refractivity contribution < 1.29 is 0 Å². The Balaban J connectivity index is 2.01. The number of rotatable bonds is 2. The van der Waals surface area contributed by atoms with E-state index >= 15 is 0 Å². The van der Waals surface area contributed by atoms with E-state index in [0.29, 0.717) is 5.41 Å². The topological polar surface area (TPSA) is 26.0 Å². The number of hydrogen-bond acceptors (Lipinski definition) is 2. The number of hydrogen-bond donors (Lipinski definition) is 1. The van der Waals surface area contributed by atoms with Crippen LogP contribution in [-0.4, -0.2) is 18.1 Å². The van der Waals surface area contributed by atoms with Crippen LogP contribution >= 0.6 is 11.8 Å². The minimum Gasteiger partial charge on any atom is -0.330 e. The maximum Gasteiger partial charge on any atom is -0.00176 e. The van der Waals surface area contributed by atoms with Crippen LogP contribution in [0.4, 0.5) is 0 Å². The largest absolute Gasteiger partial charge is 0.330 e. The summed E-state index contributed by atoms with van der Waals surface area (Å²) < 4.78 is 0. The summed E-state index contributed by atoms with van der Waals surface area (Å²) in [6.07, 6.45) is 10.0. The molecule has 1 saturated carbocycles. The summed E-state index contributed by atoms with van der Waals surface area (Å²) in [7, 11) is 0. The second-order valence-electron chi connectivity index (χ2n) is 5.04. The monoisotopic (exact) mass is 213 g/mol. The maximum absolute atomic E-state index is 6.06. The number of thioether (sulfide) groups is 1. The Labute approximate surface area is 92.2 Å². The van der Waals surface area contributed by atoms with E-state index < -0.39 is 0 Å². The molecule has 1 unspecified atom stereocenters. The lowest BCUT2D eigenvalue weighted by Gasteiger charge is -2.44. The van der Waals surface area contributed by atoms with Crippen LogP contribution in [0.2, 0.25) is 0 Å². The van der Waals surface area contributed by atoms with E-state index in [-0.39, 0.29) is 0 Å². The quantitative estimate of drug-likeness (QED) is 0.763. The van der Waals surface area contributed by atoms with Crippen LogP contribution in [0.1, 0.15) is 44.9 Å². The molecule has 1 aliphatic heterocycles. The fourth-order valence-electron chi connectivity index (χ4n) is 3.26. The van der Waals surface area contributed by atoms with Gasteiger partial charge in [0.15, 0.2) is 0 Å². The van der Waals surface area contributed by atoms with Gasteiger partial charge in [-0.05, 0) is 55.1 Å². The van der Waals surface area contributed by atoms with Gasteiger partial charge in [-0.1, -0.05) is 19.3 Å². The first-order chi connectivity index (χ1) is 6.87. The predicted octanol–water partition coefficient (Wildman–Crippen LogP) is 3.04. The van der Waals surface area contributed by atoms with Gasteiger partial charge in [-0.15, -0.1) is 0 Å². The molecular weight excluding hydrogens is 190 g/mol. The van der Waals surface area contributed by atoms with E-state index in [2.05, 4.69) is 11.8 Å². The van der Waals surface area contributed by atoms with Crippen LogP contribution in [0, 0.1) is 11.3 Å². The molecule has 1 saturated heterocycles. The van der Waals surface area contributed by atoms with E-state index in [1.54, 1.807) is 0 Å². The summed E-state index contributed by atoms with van der Waals surface area (Å²) in [5.74, 6) is 3.71. The Morgan fingerprint density at radius 3 is 2.50 bits per heavy atom. The van der Waals surface area contributed by atoms with Crippen LogP contribution in [-0.2, 0) is 0 Å². The third kappa shape index (κ3) is 2.11. The van der Waals surface area contributed by atoms with Crippen molar-refractivity contribution in [2.45, 2.75) is 44.9 Å². The summed E-state index contributed by atoms with van der Waals surface area (Å²) in [6, 6.07) is 0. The van der Waals surface area contributed by atoms with E-state index in [4.69, 9.17) is 5.73 Å². The van der Waals surface area contributed by atoms with Crippen LogP contribution in [0.15, 0.2) is 0 Å². The molecule has 0 bridgehead atoms. The Hall–Kier alpha value is 0.310. The Bertz CT molecular complexity index is 169. The lowest BCUT2D eigenvalue weighted by Crippen LogP contribution is -2.42. The van der Waals surface area contributed by atoms with Crippen molar-refractivity contribution in [1.29, 1.82) is 0 Å². The summed E-state index contributed by atoms with van der Waals surface area (Å²) in [5, 5.41) is 0. The van der Waals surface area contributed by atoms with Gasteiger partial charge in [0.05, 0.1) is 0 Å². The highest BCUT2D eigenvalue weighted by atomic mass is 32.2. The molecule has 0 aromatic heterocycles. The van der Waals surface area contributed by atoms with Crippen molar-refractivity contribution in [2.75, 3.05) is 18.1 Å². The molecule has 0 amide bonds. The zero-order valence-electron chi connectivity index (χ0n) is 9.13. The van der Waals surface area contributed by atoms with E-state index in [9.17, 15) is 0 Å². The van der Waals surface area contributed by atoms with Gasteiger partial charge < -0.3 is 5.73 Å². The van der Waals surface area contributed by atoms with Crippen molar-refractivity contribution in [3.05, 3.63) is 0 Å². The number of nitrogens with two attached hydrogens (primary N) is 1. The zero-order valence-corrected chi connectivity index (χ0v) is 9.95. The molecular formula is C12H23NS. The molecule has 2 N–H and O–H groups in total. The lowest BCUT2D eigenvalue weighted by atomic mass is 9.65. The molecule has 0 radical (unpaired) electrons. The smallest absolute Gasteiger partial charge is 0.00176 e. The van der Waals surface area contributed by atoms with Crippen LogP contribution in [0.25, 0.3) is 0 Å². The summed E-state index contributed by atoms with van der Waals surface area (Å²) in [5.41, 5.74) is 6.61. The normalized spacial score (nSPS) is 32.8. The van der Waals surface area contributed by atoms with Crippen molar-refractivity contribution in [3.8, 4) is 0 Å². The average molecular weight is 213 g/mol. The second kappa shape index (κ2) is 4.89. The molecule has 0 aromatic rings. The Kier molecular flexibility index (Phi) is 3.78. The Morgan fingerprint density at radius 2 is 1.93 bits per heavy atom. The molecule has 82 valence electrons. The van der Waals surface area contributed by atoms with Crippen molar-refractivity contribution in [3.63, 3.8) is 0 Å². The minimum absolute atomic E-state index is 0.547. The minimum atomic E-state index is 0.547. The highest BCUT2D eigenvalue weighted by Gasteiger charge is 2.38. The standard InChI is InChI=1S/C12H23NS/c13-10-12(6-2-1-3-7-12)11-5-4-8-14-9-11/h11H,1-10,13H2. The maximum atomic E-state index is 6.06. The van der Waals surface area contributed by atoms with E-state index in [1.165, 1.54) is 56.5 Å². The average Bonchev–Trinajstić information content (AvgIpc) is 2.31. The highest BCUT2D eigenvalue weighted by Crippen LogP contribution is 2.46. The molecule has 14 heavy (non-hydrogen) atoms. The highest BCUT2D eigenvalue weighted by molar-refractivity contribution is 7.99. The first-order valence-corrected chi connectivity index (χ1v) is 7.31. The zero-order chi connectivity index (χ0) is 9.86. The molecule has 0 aromatic carbocycles. The van der Waals surface area contributed by atoms with Gasteiger partial charge in [-0.3, -0.25) is 0 Å².